The van der Waals surface area contributed by atoms with Crippen molar-refractivity contribution in [2.24, 2.45) is 14.1 Å². The predicted octanol–water partition coefficient (Wildman–Crippen LogP) is 1.15. The fraction of sp³-hybridized carbons (Fsp3) is 0.381. The molecule has 0 radical (unpaired) electrons. The second-order valence-electron chi connectivity index (χ2n) is 7.39. The van der Waals surface area contributed by atoms with Gasteiger partial charge in [0.25, 0.3) is 11.5 Å². The second-order valence-corrected chi connectivity index (χ2v) is 7.39. The number of hydrogen-bond acceptors (Lipinski definition) is 4. The summed E-state index contributed by atoms with van der Waals surface area (Å²) < 4.78 is 9.96. The monoisotopic (exact) mass is 396 g/mol. The van der Waals surface area contributed by atoms with Crippen LogP contribution in [0.5, 0.6) is 0 Å². The Labute approximate surface area is 167 Å². The van der Waals surface area contributed by atoms with Crippen LogP contribution < -0.4 is 16.6 Å². The summed E-state index contributed by atoms with van der Waals surface area (Å²) in [5, 5.41) is 3.26. The van der Waals surface area contributed by atoms with Crippen molar-refractivity contribution in [2.75, 3.05) is 6.61 Å². The predicted molar refractivity (Wildman–Crippen MR) is 109 cm³/mol. The molecule has 29 heavy (non-hydrogen) atoms. The molecule has 8 nitrogen and oxygen atoms in total. The summed E-state index contributed by atoms with van der Waals surface area (Å²) in [6, 6.07) is 11.2. The minimum absolute atomic E-state index is 0.0505. The molecule has 1 amide bonds. The Morgan fingerprint density at radius 2 is 1.93 bits per heavy atom. The topological polar surface area (TPSA) is 87.3 Å². The Morgan fingerprint density at radius 1 is 1.17 bits per heavy atom. The van der Waals surface area contributed by atoms with E-state index in [4.69, 9.17) is 4.74 Å². The summed E-state index contributed by atoms with van der Waals surface area (Å²) >= 11 is 0. The molecule has 3 heterocycles. The normalized spacial score (nSPS) is 16.4. The van der Waals surface area contributed by atoms with Gasteiger partial charge in [0, 0.05) is 27.2 Å². The first kappa shape index (κ1) is 19.2. The molecule has 152 valence electrons. The number of benzene rings is 1. The molecule has 1 aliphatic rings. The molecule has 4 rings (SSSR count). The SMILES string of the molecule is Cn1c(=O)c2cc(C(=O)NCc3ccccc3)n(CC3CCCO3)c2n(C)c1=O. The van der Waals surface area contributed by atoms with Gasteiger partial charge in [-0.3, -0.25) is 18.7 Å². The molecular formula is C21H24N4O4. The highest BCUT2D eigenvalue weighted by Gasteiger charge is 2.25. The average molecular weight is 396 g/mol. The van der Waals surface area contributed by atoms with Crippen LogP contribution >= 0.6 is 0 Å². The number of aromatic nitrogens is 3. The Morgan fingerprint density at radius 3 is 2.62 bits per heavy atom. The van der Waals surface area contributed by atoms with Gasteiger partial charge in [-0.05, 0) is 24.5 Å². The smallest absolute Gasteiger partial charge is 0.332 e. The van der Waals surface area contributed by atoms with E-state index in [9.17, 15) is 14.4 Å². The molecular weight excluding hydrogens is 372 g/mol. The van der Waals surface area contributed by atoms with Crippen LogP contribution in [-0.4, -0.2) is 32.3 Å². The Hall–Kier alpha value is -3.13. The summed E-state index contributed by atoms with van der Waals surface area (Å²) in [6.07, 6.45) is 1.79. The molecule has 8 heteroatoms. The molecule has 1 N–H and O–H groups in total. The largest absolute Gasteiger partial charge is 0.376 e. The highest BCUT2D eigenvalue weighted by Crippen LogP contribution is 2.21. The number of carbonyl (C=O) groups is 1. The number of ether oxygens (including phenoxy) is 1. The van der Waals surface area contributed by atoms with Crippen molar-refractivity contribution in [2.45, 2.75) is 32.0 Å². The van der Waals surface area contributed by atoms with Crippen molar-refractivity contribution in [3.8, 4) is 0 Å². The third-order valence-electron chi connectivity index (χ3n) is 5.43. The first-order valence-electron chi connectivity index (χ1n) is 9.70. The Balaban J connectivity index is 1.78. The lowest BCUT2D eigenvalue weighted by Crippen LogP contribution is -2.37. The number of nitrogens with zero attached hydrogens (tertiary/aromatic N) is 3. The van der Waals surface area contributed by atoms with Gasteiger partial charge in [-0.1, -0.05) is 30.3 Å². The molecule has 1 aromatic carbocycles. The van der Waals surface area contributed by atoms with Crippen LogP contribution in [0.1, 0.15) is 28.9 Å². The lowest BCUT2D eigenvalue weighted by atomic mass is 10.2. The van der Waals surface area contributed by atoms with Crippen LogP contribution in [0.15, 0.2) is 46.0 Å². The van der Waals surface area contributed by atoms with E-state index in [1.54, 1.807) is 17.7 Å². The second kappa shape index (κ2) is 7.71. The summed E-state index contributed by atoms with van der Waals surface area (Å²) in [7, 11) is 3.05. The average Bonchev–Trinajstić information content (AvgIpc) is 3.38. The van der Waals surface area contributed by atoms with Crippen LogP contribution in [0.4, 0.5) is 0 Å². The molecule has 2 aromatic heterocycles. The van der Waals surface area contributed by atoms with E-state index in [0.717, 1.165) is 23.0 Å². The van der Waals surface area contributed by atoms with Crippen LogP contribution in [0.3, 0.4) is 0 Å². The van der Waals surface area contributed by atoms with E-state index >= 15 is 0 Å². The Bertz CT molecular complexity index is 1170. The molecule has 1 atom stereocenters. The third kappa shape index (κ3) is 3.51. The van der Waals surface area contributed by atoms with E-state index in [2.05, 4.69) is 5.32 Å². The summed E-state index contributed by atoms with van der Waals surface area (Å²) in [6.45, 7) is 1.47. The van der Waals surface area contributed by atoms with Crippen molar-refractivity contribution in [1.29, 1.82) is 0 Å². The van der Waals surface area contributed by atoms with Gasteiger partial charge in [0.1, 0.15) is 11.3 Å². The van der Waals surface area contributed by atoms with Crippen molar-refractivity contribution in [3.05, 3.63) is 68.5 Å². The molecule has 3 aromatic rings. The minimum Gasteiger partial charge on any atom is -0.376 e. The maximum Gasteiger partial charge on any atom is 0.332 e. The van der Waals surface area contributed by atoms with E-state index in [0.29, 0.717) is 36.4 Å². The zero-order valence-corrected chi connectivity index (χ0v) is 16.6. The van der Waals surface area contributed by atoms with E-state index < -0.39 is 11.2 Å². The lowest BCUT2D eigenvalue weighted by Gasteiger charge is -2.16. The molecule has 1 fully saturated rings. The first-order valence-corrected chi connectivity index (χ1v) is 9.70. The number of amides is 1. The van der Waals surface area contributed by atoms with Crippen LogP contribution in [-0.2, 0) is 31.9 Å². The van der Waals surface area contributed by atoms with E-state index in [1.807, 2.05) is 30.3 Å². The van der Waals surface area contributed by atoms with Gasteiger partial charge in [0.2, 0.25) is 0 Å². The summed E-state index contributed by atoms with van der Waals surface area (Å²) in [5.41, 5.74) is 0.936. The number of carbonyl (C=O) groups excluding carboxylic acids is 1. The molecule has 0 saturated carbocycles. The van der Waals surface area contributed by atoms with E-state index in [1.165, 1.54) is 11.6 Å². The van der Waals surface area contributed by atoms with Crippen molar-refractivity contribution >= 4 is 16.9 Å². The van der Waals surface area contributed by atoms with Crippen LogP contribution in [0.2, 0.25) is 0 Å². The molecule has 0 spiro atoms. The maximum absolute atomic E-state index is 13.0. The number of hydrogen-bond donors (Lipinski definition) is 1. The van der Waals surface area contributed by atoms with Crippen molar-refractivity contribution in [1.82, 2.24) is 19.0 Å². The van der Waals surface area contributed by atoms with Gasteiger partial charge >= 0.3 is 5.69 Å². The fourth-order valence-electron chi connectivity index (χ4n) is 3.87. The van der Waals surface area contributed by atoms with Gasteiger partial charge in [0.05, 0.1) is 18.0 Å². The van der Waals surface area contributed by atoms with Crippen LogP contribution in [0.25, 0.3) is 11.0 Å². The lowest BCUT2D eigenvalue weighted by molar-refractivity contribution is 0.0898. The van der Waals surface area contributed by atoms with Gasteiger partial charge in [-0.2, -0.15) is 0 Å². The maximum atomic E-state index is 13.0. The molecule has 1 aliphatic heterocycles. The standard InChI is InChI=1S/C21H24N4O4/c1-23-19-16(20(27)24(2)21(23)28)11-17(25(19)13-15-9-6-10-29-15)18(26)22-12-14-7-4-3-5-8-14/h3-5,7-8,11,15H,6,9-10,12-13H2,1-2H3,(H,22,26). The fourth-order valence-corrected chi connectivity index (χ4v) is 3.87. The van der Waals surface area contributed by atoms with Crippen molar-refractivity contribution in [3.63, 3.8) is 0 Å². The molecule has 0 bridgehead atoms. The molecule has 1 saturated heterocycles. The zero-order chi connectivity index (χ0) is 20.5. The van der Waals surface area contributed by atoms with Gasteiger partial charge in [-0.25, -0.2) is 4.79 Å². The summed E-state index contributed by atoms with van der Waals surface area (Å²) in [4.78, 5) is 38.1. The number of aryl methyl sites for hydroxylation is 1. The third-order valence-corrected chi connectivity index (χ3v) is 5.43. The van der Waals surface area contributed by atoms with Crippen LogP contribution in [0, 0.1) is 0 Å². The molecule has 1 unspecified atom stereocenters. The number of fused-ring (bicyclic) bond motifs is 1. The van der Waals surface area contributed by atoms with Gasteiger partial charge < -0.3 is 14.6 Å². The van der Waals surface area contributed by atoms with Crippen molar-refractivity contribution < 1.29 is 9.53 Å². The minimum atomic E-state index is -0.426. The number of rotatable bonds is 5. The zero-order valence-electron chi connectivity index (χ0n) is 16.6. The molecule has 0 aliphatic carbocycles. The quantitative estimate of drug-likeness (QED) is 0.701. The number of nitrogens with one attached hydrogen (secondary N) is 1. The van der Waals surface area contributed by atoms with E-state index in [-0.39, 0.29) is 12.0 Å². The first-order chi connectivity index (χ1) is 14.0. The highest BCUT2D eigenvalue weighted by atomic mass is 16.5. The highest BCUT2D eigenvalue weighted by molar-refractivity contribution is 5.97. The summed E-state index contributed by atoms with van der Waals surface area (Å²) in [5.74, 6) is -0.294. The Kier molecular flexibility index (Phi) is 5.10. The van der Waals surface area contributed by atoms with Gasteiger partial charge in [-0.15, -0.1) is 0 Å². The van der Waals surface area contributed by atoms with Gasteiger partial charge in [0.15, 0.2) is 0 Å².